The maximum atomic E-state index is 14.3. The van der Waals surface area contributed by atoms with E-state index in [1.54, 1.807) is 35.6 Å². The van der Waals surface area contributed by atoms with Crippen LogP contribution in [0.25, 0.3) is 5.57 Å². The number of carbonyl (C=O) groups is 1. The van der Waals surface area contributed by atoms with E-state index in [1.165, 1.54) is 40.6 Å². The lowest BCUT2D eigenvalue weighted by Crippen LogP contribution is -2.40. The Hall–Kier alpha value is -4.15. The third kappa shape index (κ3) is 5.16. The van der Waals surface area contributed by atoms with Gasteiger partial charge in [-0.1, -0.05) is 36.4 Å². The van der Waals surface area contributed by atoms with Gasteiger partial charge < -0.3 is 9.80 Å². The van der Waals surface area contributed by atoms with Crippen molar-refractivity contribution < 1.29 is 13.6 Å². The summed E-state index contributed by atoms with van der Waals surface area (Å²) < 4.78 is 29.7. The van der Waals surface area contributed by atoms with Crippen molar-refractivity contribution in [3.63, 3.8) is 0 Å². The topological polar surface area (TPSA) is 66.6 Å². The predicted octanol–water partition coefficient (Wildman–Crippen LogP) is 7.77. The normalized spacial score (nSPS) is 20.4. The number of benzene rings is 2. The van der Waals surface area contributed by atoms with Crippen molar-refractivity contribution in [3.8, 4) is 0 Å². The highest BCUT2D eigenvalue weighted by Crippen LogP contribution is 2.47. The van der Waals surface area contributed by atoms with E-state index in [2.05, 4.69) is 27.6 Å². The molecule has 224 valence electrons. The summed E-state index contributed by atoms with van der Waals surface area (Å²) in [6, 6.07) is 12.9. The molecule has 4 heterocycles. The zero-order valence-electron chi connectivity index (χ0n) is 23.9. The Morgan fingerprint density at radius 2 is 2.07 bits per heavy atom. The minimum Gasteiger partial charge on any atom is -0.325 e. The van der Waals surface area contributed by atoms with Gasteiger partial charge in [0.25, 0.3) is 5.91 Å². The van der Waals surface area contributed by atoms with Gasteiger partial charge in [0.15, 0.2) is 17.1 Å². The highest BCUT2D eigenvalue weighted by atomic mass is 35.5. The van der Waals surface area contributed by atoms with Crippen LogP contribution in [0.15, 0.2) is 89.8 Å². The second-order valence-corrected chi connectivity index (χ2v) is 12.5. The molecule has 11 heteroatoms. The fraction of sp³-hybridized carbons (Fsp3) is 0.273. The summed E-state index contributed by atoms with van der Waals surface area (Å²) in [6.07, 6.45) is 6.29. The molecular weight excluding hydrogens is 602 g/mol. The third-order valence-electron chi connectivity index (χ3n) is 8.38. The zero-order valence-corrected chi connectivity index (χ0v) is 25.5. The largest absolute Gasteiger partial charge is 0.325 e. The lowest BCUT2D eigenvalue weighted by Gasteiger charge is -2.32. The minimum absolute atomic E-state index is 0.129. The maximum absolute atomic E-state index is 14.3. The van der Waals surface area contributed by atoms with Gasteiger partial charge in [0.1, 0.15) is 11.9 Å². The van der Waals surface area contributed by atoms with Crippen molar-refractivity contribution in [3.05, 3.63) is 123 Å². The molecule has 7 nitrogen and oxygen atoms in total. The lowest BCUT2D eigenvalue weighted by molar-refractivity contribution is 0.0776. The number of hydrogen-bond acceptors (Lipinski definition) is 6. The number of alkyl halides is 1. The van der Waals surface area contributed by atoms with E-state index in [0.29, 0.717) is 52.1 Å². The summed E-state index contributed by atoms with van der Waals surface area (Å²) in [4.78, 5) is 27.4. The summed E-state index contributed by atoms with van der Waals surface area (Å²) in [5, 5.41) is 7.36. The van der Waals surface area contributed by atoms with Crippen molar-refractivity contribution in [2.24, 2.45) is 4.99 Å². The van der Waals surface area contributed by atoms with Crippen LogP contribution in [0, 0.1) is 5.82 Å². The molecule has 1 saturated carbocycles. The molecule has 3 atom stereocenters. The molecule has 7 rings (SSSR count). The molecule has 0 N–H and O–H groups in total. The van der Waals surface area contributed by atoms with Crippen LogP contribution in [0.4, 0.5) is 8.78 Å². The molecule has 0 spiro atoms. The molecule has 2 fully saturated rings. The van der Waals surface area contributed by atoms with Crippen molar-refractivity contribution in [2.75, 3.05) is 6.54 Å². The van der Waals surface area contributed by atoms with Crippen molar-refractivity contribution in [1.29, 1.82) is 0 Å². The first-order valence-electron chi connectivity index (χ1n) is 14.5. The van der Waals surface area contributed by atoms with E-state index in [0.717, 1.165) is 18.5 Å². The number of carbonyl (C=O) groups excluding carboxylic acids is 1. The molecule has 0 bridgehead atoms. The van der Waals surface area contributed by atoms with Crippen LogP contribution >= 0.6 is 22.9 Å². The van der Waals surface area contributed by atoms with Gasteiger partial charge >= 0.3 is 0 Å². The number of aromatic nitrogens is 3. The van der Waals surface area contributed by atoms with Gasteiger partial charge in [0.2, 0.25) is 0 Å². The number of amides is 1. The van der Waals surface area contributed by atoms with Gasteiger partial charge in [-0.15, -0.1) is 11.3 Å². The van der Waals surface area contributed by atoms with Crippen molar-refractivity contribution >= 4 is 40.3 Å². The Kier molecular flexibility index (Phi) is 7.42. The third-order valence-corrected chi connectivity index (χ3v) is 9.47. The van der Waals surface area contributed by atoms with E-state index in [-0.39, 0.29) is 17.0 Å². The molecule has 1 saturated heterocycles. The fourth-order valence-corrected chi connectivity index (χ4v) is 7.01. The number of nitrogens with zero attached hydrogens (tertiary/aromatic N) is 6. The van der Waals surface area contributed by atoms with Gasteiger partial charge in [-0.3, -0.25) is 9.79 Å². The van der Waals surface area contributed by atoms with Gasteiger partial charge in [0, 0.05) is 64.4 Å². The molecule has 2 aromatic heterocycles. The minimum atomic E-state index is -1.34. The molecule has 44 heavy (non-hydrogen) atoms. The second-order valence-electron chi connectivity index (χ2n) is 11.2. The highest BCUT2D eigenvalue weighted by Gasteiger charge is 2.43. The molecule has 2 aliphatic heterocycles. The Morgan fingerprint density at radius 3 is 2.75 bits per heavy atom. The van der Waals surface area contributed by atoms with Gasteiger partial charge in [-0.25, -0.2) is 18.4 Å². The van der Waals surface area contributed by atoms with Gasteiger partial charge in [-0.2, -0.15) is 5.10 Å². The molecule has 1 amide bonds. The second kappa shape index (κ2) is 11.4. The number of thiazole rings is 1. The smallest absolute Gasteiger partial charge is 0.258 e. The maximum Gasteiger partial charge on any atom is 0.258 e. The SMILES string of the molecule is C=CN(C(=O)c1cccc(C2CC2)c1)C1CC2=C(c3ccn(C(C)F)n3)[C@H](c3ccc(F)cc3Cl)N=C(c3nccs3)N2C1. The first-order valence-corrected chi connectivity index (χ1v) is 15.8. The van der Waals surface area contributed by atoms with Crippen LogP contribution in [-0.2, 0) is 0 Å². The van der Waals surface area contributed by atoms with Gasteiger partial charge in [0.05, 0.1) is 11.7 Å². The van der Waals surface area contributed by atoms with Crippen LogP contribution < -0.4 is 0 Å². The fourth-order valence-electron chi connectivity index (χ4n) is 6.10. The number of amidine groups is 1. The molecule has 2 aromatic carbocycles. The number of fused-ring (bicyclic) bond motifs is 1. The summed E-state index contributed by atoms with van der Waals surface area (Å²) >= 11 is 8.07. The number of aliphatic imine (C=N–C) groups is 1. The van der Waals surface area contributed by atoms with Gasteiger partial charge in [-0.05, 0) is 61.6 Å². The number of hydrogen-bond donors (Lipinski definition) is 0. The summed E-state index contributed by atoms with van der Waals surface area (Å²) in [6.45, 7) is 5.85. The number of halogens is 3. The van der Waals surface area contributed by atoms with Crippen LogP contribution in [-0.4, -0.2) is 48.9 Å². The highest BCUT2D eigenvalue weighted by molar-refractivity contribution is 7.11. The standard InChI is InChI=1S/C33H29ClF2N6OS/c1-3-40(33(43)22-6-4-5-21(15-22)20-7-8-20)24-17-28-29(27-11-13-42(39-27)19(2)35)30(25-10-9-23(36)16-26(25)34)38-31(41(28)18-24)32-37-12-14-44-32/h3-6,9-16,19-20,24,30H,1,7-8,17-18H2,2H3/t19?,24?,30-/m0/s1. The molecule has 3 aliphatic rings. The Balaban J connectivity index is 1.35. The predicted molar refractivity (Wildman–Crippen MR) is 168 cm³/mol. The molecule has 2 unspecified atom stereocenters. The average Bonchev–Trinajstić information content (AvgIpc) is 3.37. The summed E-state index contributed by atoms with van der Waals surface area (Å²) in [7, 11) is 0. The molecule has 0 radical (unpaired) electrons. The van der Waals surface area contributed by atoms with Crippen LogP contribution in [0.5, 0.6) is 0 Å². The zero-order chi connectivity index (χ0) is 30.5. The van der Waals surface area contributed by atoms with E-state index in [9.17, 15) is 13.6 Å². The van der Waals surface area contributed by atoms with Crippen molar-refractivity contribution in [2.45, 2.75) is 50.5 Å². The van der Waals surface area contributed by atoms with Crippen LogP contribution in [0.3, 0.4) is 0 Å². The Bertz CT molecular complexity index is 1810. The Morgan fingerprint density at radius 1 is 1.23 bits per heavy atom. The van der Waals surface area contributed by atoms with E-state index < -0.39 is 18.2 Å². The van der Waals surface area contributed by atoms with E-state index >= 15 is 0 Å². The molecular formula is C33H29ClF2N6OS. The average molecular weight is 631 g/mol. The summed E-state index contributed by atoms with van der Waals surface area (Å²) in [5.41, 5.74) is 4.49. The van der Waals surface area contributed by atoms with Crippen LogP contribution in [0.1, 0.15) is 76.6 Å². The van der Waals surface area contributed by atoms with Crippen molar-refractivity contribution in [1.82, 2.24) is 24.6 Å². The molecule has 4 aromatic rings. The van der Waals surface area contributed by atoms with Crippen LogP contribution in [0.2, 0.25) is 5.02 Å². The molecule has 1 aliphatic carbocycles. The Labute approximate surface area is 262 Å². The quantitative estimate of drug-likeness (QED) is 0.199. The monoisotopic (exact) mass is 630 g/mol. The van der Waals surface area contributed by atoms with E-state index in [1.807, 2.05) is 23.6 Å². The number of rotatable bonds is 8. The van der Waals surface area contributed by atoms with E-state index in [4.69, 9.17) is 16.6 Å². The first kappa shape index (κ1) is 28.6. The first-order chi connectivity index (χ1) is 21.3. The summed E-state index contributed by atoms with van der Waals surface area (Å²) in [5.74, 6) is 0.553. The lowest BCUT2D eigenvalue weighted by atomic mass is 9.92.